The standard InChI is InChI=1S/C21H29N7O3/c1-12(2)23-21(29)31-14-6-5-13(9-14)16-10-18(26-25-16)24-15-7-8-22-19-17(11-30-4)27-28(3)20(15)19/h7-8,10,12-14H,5-6,9,11H2,1-4H3,(H,23,29)(H2,22,24,25,26)/t13-,14+/m0/s1. The molecule has 0 saturated heterocycles. The Kier molecular flexibility index (Phi) is 6.08. The highest BCUT2D eigenvalue weighted by Gasteiger charge is 2.30. The van der Waals surface area contributed by atoms with Crippen LogP contribution in [0.4, 0.5) is 16.3 Å². The van der Waals surface area contributed by atoms with Gasteiger partial charge in [0.05, 0.1) is 12.3 Å². The number of aromatic amines is 1. The van der Waals surface area contributed by atoms with E-state index < -0.39 is 0 Å². The predicted octanol–water partition coefficient (Wildman–Crippen LogP) is 3.35. The van der Waals surface area contributed by atoms with E-state index in [1.807, 2.05) is 33.0 Å². The van der Waals surface area contributed by atoms with Gasteiger partial charge in [-0.3, -0.25) is 14.8 Å². The van der Waals surface area contributed by atoms with E-state index in [9.17, 15) is 4.79 Å². The quantitative estimate of drug-likeness (QED) is 0.529. The van der Waals surface area contributed by atoms with Gasteiger partial charge in [-0.25, -0.2) is 4.79 Å². The molecule has 3 N–H and O–H groups in total. The number of ether oxygens (including phenoxy) is 2. The first-order valence-electron chi connectivity index (χ1n) is 10.5. The second kappa shape index (κ2) is 8.93. The second-order valence-corrected chi connectivity index (χ2v) is 8.23. The molecule has 166 valence electrons. The van der Waals surface area contributed by atoms with Crippen molar-refractivity contribution >= 4 is 28.6 Å². The molecule has 1 fully saturated rings. The lowest BCUT2D eigenvalue weighted by molar-refractivity contribution is 0.0981. The molecule has 0 aliphatic heterocycles. The lowest BCUT2D eigenvalue weighted by atomic mass is 10.0. The summed E-state index contributed by atoms with van der Waals surface area (Å²) >= 11 is 0. The Morgan fingerprint density at radius 2 is 2.23 bits per heavy atom. The number of rotatable bonds is 7. The van der Waals surface area contributed by atoms with Crippen molar-refractivity contribution in [1.29, 1.82) is 0 Å². The summed E-state index contributed by atoms with van der Waals surface area (Å²) in [6.45, 7) is 4.23. The highest BCUT2D eigenvalue weighted by atomic mass is 16.6. The molecule has 1 amide bonds. The SMILES string of the molecule is COCc1nn(C)c2c(Nc3cc([C@H]4CC[C@@H](OC(=O)NC(C)C)C4)[nH]n3)ccnc12. The maximum absolute atomic E-state index is 11.9. The number of pyridine rings is 1. The highest BCUT2D eigenvalue weighted by molar-refractivity contribution is 5.91. The zero-order valence-electron chi connectivity index (χ0n) is 18.3. The maximum Gasteiger partial charge on any atom is 0.407 e. The molecule has 10 heteroatoms. The summed E-state index contributed by atoms with van der Waals surface area (Å²) < 4.78 is 12.6. The Bertz CT molecular complexity index is 1060. The van der Waals surface area contributed by atoms with Gasteiger partial charge >= 0.3 is 6.09 Å². The van der Waals surface area contributed by atoms with Gasteiger partial charge in [0.2, 0.25) is 0 Å². The van der Waals surface area contributed by atoms with E-state index in [1.54, 1.807) is 18.0 Å². The lowest BCUT2D eigenvalue weighted by Crippen LogP contribution is -2.33. The van der Waals surface area contributed by atoms with Crippen LogP contribution in [0.25, 0.3) is 11.0 Å². The fraction of sp³-hybridized carbons (Fsp3) is 0.524. The molecule has 1 aliphatic carbocycles. The summed E-state index contributed by atoms with van der Waals surface area (Å²) in [5, 5.41) is 18.2. The number of carbonyl (C=O) groups is 1. The van der Waals surface area contributed by atoms with Crippen LogP contribution < -0.4 is 10.6 Å². The van der Waals surface area contributed by atoms with E-state index in [1.165, 1.54) is 0 Å². The minimum atomic E-state index is -0.349. The number of H-pyrrole nitrogens is 1. The van der Waals surface area contributed by atoms with E-state index >= 15 is 0 Å². The molecule has 2 atom stereocenters. The fourth-order valence-corrected chi connectivity index (χ4v) is 4.10. The number of hydrogen-bond acceptors (Lipinski definition) is 7. The number of aryl methyl sites for hydroxylation is 1. The molecule has 10 nitrogen and oxygen atoms in total. The van der Waals surface area contributed by atoms with E-state index in [0.29, 0.717) is 6.61 Å². The lowest BCUT2D eigenvalue weighted by Gasteiger charge is -2.14. The summed E-state index contributed by atoms with van der Waals surface area (Å²) in [7, 11) is 3.53. The summed E-state index contributed by atoms with van der Waals surface area (Å²) in [6, 6.07) is 3.98. The zero-order valence-corrected chi connectivity index (χ0v) is 18.3. The molecule has 0 spiro atoms. The Morgan fingerprint density at radius 3 is 3.00 bits per heavy atom. The third-order valence-corrected chi connectivity index (χ3v) is 5.44. The van der Waals surface area contributed by atoms with Crippen molar-refractivity contribution in [2.45, 2.75) is 57.8 Å². The number of alkyl carbamates (subject to hydrolysis) is 1. The number of fused-ring (bicyclic) bond motifs is 1. The van der Waals surface area contributed by atoms with Gasteiger partial charge in [0.1, 0.15) is 22.8 Å². The largest absolute Gasteiger partial charge is 0.446 e. The summed E-state index contributed by atoms with van der Waals surface area (Å²) in [6.07, 6.45) is 3.91. The number of nitrogens with zero attached hydrogens (tertiary/aromatic N) is 4. The van der Waals surface area contributed by atoms with Crippen molar-refractivity contribution < 1.29 is 14.3 Å². The summed E-state index contributed by atoms with van der Waals surface area (Å²) in [4.78, 5) is 16.3. The van der Waals surface area contributed by atoms with Crippen molar-refractivity contribution in [3.05, 3.63) is 29.7 Å². The topological polar surface area (TPSA) is 119 Å². The van der Waals surface area contributed by atoms with Gasteiger partial charge in [0.15, 0.2) is 5.82 Å². The molecule has 3 aromatic heterocycles. The van der Waals surface area contributed by atoms with Crippen molar-refractivity contribution in [2.75, 3.05) is 12.4 Å². The first-order chi connectivity index (χ1) is 14.9. The van der Waals surface area contributed by atoms with E-state index in [0.717, 1.165) is 53.2 Å². The third-order valence-electron chi connectivity index (χ3n) is 5.44. The van der Waals surface area contributed by atoms with E-state index in [4.69, 9.17) is 9.47 Å². The predicted molar refractivity (Wildman–Crippen MR) is 116 cm³/mol. The number of nitrogens with one attached hydrogen (secondary N) is 3. The molecule has 1 aliphatic rings. The van der Waals surface area contributed by atoms with Crippen molar-refractivity contribution in [1.82, 2.24) is 30.3 Å². The van der Waals surface area contributed by atoms with Crippen LogP contribution in [0, 0.1) is 0 Å². The van der Waals surface area contributed by atoms with Crippen LogP contribution in [-0.4, -0.2) is 50.3 Å². The molecule has 0 bridgehead atoms. The number of amides is 1. The molecule has 0 aromatic carbocycles. The molecule has 0 radical (unpaired) electrons. The number of anilines is 2. The van der Waals surface area contributed by atoms with E-state index in [2.05, 4.69) is 30.9 Å². The Balaban J connectivity index is 1.44. The average Bonchev–Trinajstić information content (AvgIpc) is 3.42. The number of aromatic nitrogens is 5. The Labute approximate surface area is 180 Å². The minimum absolute atomic E-state index is 0.0654. The Hall–Kier alpha value is -3.14. The van der Waals surface area contributed by atoms with Crippen LogP contribution in [0.1, 0.15) is 50.4 Å². The maximum atomic E-state index is 11.9. The van der Waals surface area contributed by atoms with Crippen molar-refractivity contribution in [3.8, 4) is 0 Å². The van der Waals surface area contributed by atoms with Gasteiger partial charge in [-0.2, -0.15) is 10.2 Å². The van der Waals surface area contributed by atoms with Crippen LogP contribution in [0.15, 0.2) is 18.3 Å². The molecule has 0 unspecified atom stereocenters. The fourth-order valence-electron chi connectivity index (χ4n) is 4.10. The van der Waals surface area contributed by atoms with Gasteiger partial charge in [-0.1, -0.05) is 0 Å². The van der Waals surface area contributed by atoms with Gasteiger partial charge in [0.25, 0.3) is 0 Å². The first-order valence-corrected chi connectivity index (χ1v) is 10.5. The Morgan fingerprint density at radius 1 is 1.39 bits per heavy atom. The van der Waals surface area contributed by atoms with Crippen molar-refractivity contribution in [3.63, 3.8) is 0 Å². The molecule has 3 heterocycles. The summed E-state index contributed by atoms with van der Waals surface area (Å²) in [5.74, 6) is 1.00. The van der Waals surface area contributed by atoms with Gasteiger partial charge < -0.3 is 20.1 Å². The van der Waals surface area contributed by atoms with Crippen LogP contribution in [0.2, 0.25) is 0 Å². The van der Waals surface area contributed by atoms with Gasteiger partial charge in [-0.15, -0.1) is 0 Å². The number of hydrogen-bond donors (Lipinski definition) is 3. The van der Waals surface area contributed by atoms with Crippen LogP contribution in [-0.2, 0) is 23.1 Å². The van der Waals surface area contributed by atoms with Crippen molar-refractivity contribution in [2.24, 2.45) is 7.05 Å². The highest BCUT2D eigenvalue weighted by Crippen LogP contribution is 2.36. The first kappa shape index (κ1) is 21.1. The second-order valence-electron chi connectivity index (χ2n) is 8.23. The smallest absolute Gasteiger partial charge is 0.407 e. The third kappa shape index (κ3) is 4.63. The van der Waals surface area contributed by atoms with Crippen LogP contribution in [0.3, 0.4) is 0 Å². The average molecular weight is 428 g/mol. The molecular formula is C21H29N7O3. The minimum Gasteiger partial charge on any atom is -0.446 e. The van der Waals surface area contributed by atoms with Gasteiger partial charge in [0, 0.05) is 44.1 Å². The molecule has 3 aromatic rings. The molecule has 1 saturated carbocycles. The summed E-state index contributed by atoms with van der Waals surface area (Å²) in [5.41, 5.74) is 4.40. The van der Waals surface area contributed by atoms with Crippen LogP contribution in [0.5, 0.6) is 0 Å². The van der Waals surface area contributed by atoms with Gasteiger partial charge in [-0.05, 0) is 39.2 Å². The van der Waals surface area contributed by atoms with E-state index in [-0.39, 0.29) is 24.2 Å². The molecule has 4 rings (SSSR count). The zero-order chi connectivity index (χ0) is 22.0. The number of carbonyl (C=O) groups excluding carboxylic acids is 1. The molecule has 31 heavy (non-hydrogen) atoms. The normalized spacial score (nSPS) is 18.6. The van der Waals surface area contributed by atoms with Crippen LogP contribution >= 0.6 is 0 Å². The monoisotopic (exact) mass is 427 g/mol. The number of methoxy groups -OCH3 is 1. The molecular weight excluding hydrogens is 398 g/mol.